The molecule has 0 aliphatic carbocycles. The zero-order valence-electron chi connectivity index (χ0n) is 15.8. The molecular weight excluding hydrogens is 361 g/mol. The molecule has 0 aliphatic rings. The molecule has 27 heavy (non-hydrogen) atoms. The molecule has 0 radical (unpaired) electrons. The lowest BCUT2D eigenvalue weighted by Crippen LogP contribution is -2.19. The largest absolute Gasteiger partial charge is 0.475 e. The van der Waals surface area contributed by atoms with E-state index < -0.39 is 17.6 Å². The molecular formula is C18H25F3N4O2. The highest BCUT2D eigenvalue weighted by molar-refractivity contribution is 5.63. The molecule has 9 heteroatoms. The average molecular weight is 386 g/mol. The number of nitrogens with one attached hydrogen (secondary N) is 1. The van der Waals surface area contributed by atoms with Crippen LogP contribution in [0.2, 0.25) is 0 Å². The van der Waals surface area contributed by atoms with E-state index in [2.05, 4.69) is 27.0 Å². The number of aromatic nitrogens is 3. The molecule has 150 valence electrons. The Kier molecular flexibility index (Phi) is 7.61. The standard InChI is InChI=1S/C18H25F3N4O2/c1-4-5-6-25(2)12-14-11-23-24-16(14)13-9-15(18(19,20)21)17(22-10-13)27-8-7-26-3/h9-11H,4-8,12H2,1-3H3,(H,23,24). The van der Waals surface area contributed by atoms with Crippen LogP contribution in [0.5, 0.6) is 5.88 Å². The molecule has 0 saturated carbocycles. The van der Waals surface area contributed by atoms with Gasteiger partial charge in [0.1, 0.15) is 12.2 Å². The quantitative estimate of drug-likeness (QED) is 0.630. The summed E-state index contributed by atoms with van der Waals surface area (Å²) in [7, 11) is 3.42. The van der Waals surface area contributed by atoms with Crippen molar-refractivity contribution in [2.75, 3.05) is 33.9 Å². The van der Waals surface area contributed by atoms with Gasteiger partial charge in [0.05, 0.1) is 18.5 Å². The van der Waals surface area contributed by atoms with Crippen molar-refractivity contribution in [3.05, 3.63) is 29.6 Å². The second-order valence-electron chi connectivity index (χ2n) is 6.28. The van der Waals surface area contributed by atoms with E-state index in [0.29, 0.717) is 17.8 Å². The van der Waals surface area contributed by atoms with Crippen LogP contribution in [-0.4, -0.2) is 54.0 Å². The number of pyridine rings is 1. The Morgan fingerprint density at radius 2 is 2.00 bits per heavy atom. The van der Waals surface area contributed by atoms with E-state index in [1.807, 2.05) is 7.05 Å². The molecule has 0 atom stereocenters. The predicted octanol–water partition coefficient (Wildman–Crippen LogP) is 3.75. The second-order valence-corrected chi connectivity index (χ2v) is 6.28. The molecule has 0 aliphatic heterocycles. The molecule has 2 aromatic heterocycles. The molecule has 0 saturated heterocycles. The van der Waals surface area contributed by atoms with Gasteiger partial charge in [-0.05, 0) is 26.1 Å². The van der Waals surface area contributed by atoms with E-state index in [1.54, 1.807) is 6.20 Å². The van der Waals surface area contributed by atoms with Crippen molar-refractivity contribution in [3.8, 4) is 17.1 Å². The van der Waals surface area contributed by atoms with Gasteiger partial charge in [0.25, 0.3) is 0 Å². The topological polar surface area (TPSA) is 63.3 Å². The first-order chi connectivity index (χ1) is 12.9. The van der Waals surface area contributed by atoms with Crippen molar-refractivity contribution in [3.63, 3.8) is 0 Å². The third-order valence-corrected chi connectivity index (χ3v) is 4.02. The Hall–Kier alpha value is -2.13. The molecule has 0 unspecified atom stereocenters. The maximum Gasteiger partial charge on any atom is 0.421 e. The average Bonchev–Trinajstić information content (AvgIpc) is 3.07. The molecule has 2 heterocycles. The summed E-state index contributed by atoms with van der Waals surface area (Å²) in [6.07, 6.45) is 0.543. The fraction of sp³-hybridized carbons (Fsp3) is 0.556. The lowest BCUT2D eigenvalue weighted by atomic mass is 10.1. The molecule has 0 aromatic carbocycles. The number of aromatic amines is 1. The number of rotatable bonds is 10. The number of hydrogen-bond acceptors (Lipinski definition) is 5. The van der Waals surface area contributed by atoms with Crippen molar-refractivity contribution in [1.82, 2.24) is 20.1 Å². The molecule has 0 amide bonds. The number of nitrogens with zero attached hydrogens (tertiary/aromatic N) is 3. The Morgan fingerprint density at radius 3 is 2.67 bits per heavy atom. The van der Waals surface area contributed by atoms with Crippen LogP contribution in [0, 0.1) is 0 Å². The van der Waals surface area contributed by atoms with Crippen LogP contribution in [0.1, 0.15) is 30.9 Å². The molecule has 0 fully saturated rings. The minimum Gasteiger partial charge on any atom is -0.475 e. The predicted molar refractivity (Wildman–Crippen MR) is 95.4 cm³/mol. The number of methoxy groups -OCH3 is 1. The van der Waals surface area contributed by atoms with Gasteiger partial charge in [-0.1, -0.05) is 13.3 Å². The number of alkyl halides is 3. The van der Waals surface area contributed by atoms with Crippen LogP contribution in [0.4, 0.5) is 13.2 Å². The van der Waals surface area contributed by atoms with E-state index >= 15 is 0 Å². The summed E-state index contributed by atoms with van der Waals surface area (Å²) in [4.78, 5) is 5.99. The normalized spacial score (nSPS) is 12.0. The highest BCUT2D eigenvalue weighted by Gasteiger charge is 2.36. The molecule has 1 N–H and O–H groups in total. The Balaban J connectivity index is 2.28. The van der Waals surface area contributed by atoms with Gasteiger partial charge in [0.15, 0.2) is 0 Å². The number of hydrogen-bond donors (Lipinski definition) is 1. The van der Waals surface area contributed by atoms with Gasteiger partial charge < -0.3 is 14.4 Å². The number of halogens is 3. The monoisotopic (exact) mass is 386 g/mol. The lowest BCUT2D eigenvalue weighted by molar-refractivity contribution is -0.139. The van der Waals surface area contributed by atoms with Gasteiger partial charge in [-0.15, -0.1) is 0 Å². The van der Waals surface area contributed by atoms with Gasteiger partial charge in [-0.3, -0.25) is 5.10 Å². The van der Waals surface area contributed by atoms with Crippen LogP contribution in [0.15, 0.2) is 18.5 Å². The first kappa shape index (κ1) is 21.2. The van der Waals surface area contributed by atoms with Crippen molar-refractivity contribution in [2.24, 2.45) is 0 Å². The van der Waals surface area contributed by atoms with Gasteiger partial charge in [-0.2, -0.15) is 18.3 Å². The minimum atomic E-state index is -4.58. The summed E-state index contributed by atoms with van der Waals surface area (Å²) in [5.41, 5.74) is 0.741. The van der Waals surface area contributed by atoms with Gasteiger partial charge in [0.2, 0.25) is 5.88 Å². The molecule has 0 bridgehead atoms. The Bertz CT molecular complexity index is 719. The Labute approximate surface area is 156 Å². The van der Waals surface area contributed by atoms with Crippen LogP contribution in [-0.2, 0) is 17.5 Å². The maximum absolute atomic E-state index is 13.4. The lowest BCUT2D eigenvalue weighted by Gasteiger charge is -2.17. The summed E-state index contributed by atoms with van der Waals surface area (Å²) in [6, 6.07) is 1.04. The number of ether oxygens (including phenoxy) is 2. The number of H-pyrrole nitrogens is 1. The molecule has 2 rings (SSSR count). The summed E-state index contributed by atoms with van der Waals surface area (Å²) >= 11 is 0. The molecule has 2 aromatic rings. The smallest absolute Gasteiger partial charge is 0.421 e. The maximum atomic E-state index is 13.4. The van der Waals surface area contributed by atoms with Crippen LogP contribution < -0.4 is 4.74 Å². The third-order valence-electron chi connectivity index (χ3n) is 4.02. The third kappa shape index (κ3) is 5.93. The van der Waals surface area contributed by atoms with E-state index in [1.165, 1.54) is 13.3 Å². The van der Waals surface area contributed by atoms with Gasteiger partial charge in [-0.25, -0.2) is 4.98 Å². The summed E-state index contributed by atoms with van der Waals surface area (Å²) < 4.78 is 50.3. The van der Waals surface area contributed by atoms with E-state index in [0.717, 1.165) is 31.0 Å². The molecule has 6 nitrogen and oxygen atoms in total. The summed E-state index contributed by atoms with van der Waals surface area (Å²) in [5, 5.41) is 6.79. The Morgan fingerprint density at radius 1 is 1.22 bits per heavy atom. The van der Waals surface area contributed by atoms with E-state index in [9.17, 15) is 13.2 Å². The van der Waals surface area contributed by atoms with Crippen molar-refractivity contribution >= 4 is 0 Å². The highest BCUT2D eigenvalue weighted by atomic mass is 19.4. The summed E-state index contributed by atoms with van der Waals surface area (Å²) in [5.74, 6) is -0.454. The van der Waals surface area contributed by atoms with Crippen LogP contribution >= 0.6 is 0 Å². The fourth-order valence-electron chi connectivity index (χ4n) is 2.61. The van der Waals surface area contributed by atoms with Crippen molar-refractivity contribution in [1.29, 1.82) is 0 Å². The van der Waals surface area contributed by atoms with Gasteiger partial charge >= 0.3 is 6.18 Å². The van der Waals surface area contributed by atoms with Crippen molar-refractivity contribution < 1.29 is 22.6 Å². The highest BCUT2D eigenvalue weighted by Crippen LogP contribution is 2.37. The minimum absolute atomic E-state index is 0.0105. The first-order valence-corrected chi connectivity index (χ1v) is 8.77. The van der Waals surface area contributed by atoms with E-state index in [-0.39, 0.29) is 13.2 Å². The second kappa shape index (κ2) is 9.70. The SMILES string of the molecule is CCCCN(C)Cc1cn[nH]c1-c1cnc(OCCOC)c(C(F)(F)F)c1. The fourth-order valence-corrected chi connectivity index (χ4v) is 2.61. The van der Waals surface area contributed by atoms with Crippen LogP contribution in [0.3, 0.4) is 0 Å². The van der Waals surface area contributed by atoms with Crippen LogP contribution in [0.25, 0.3) is 11.3 Å². The summed E-state index contributed by atoms with van der Waals surface area (Å²) in [6.45, 7) is 3.76. The zero-order chi connectivity index (χ0) is 19.9. The molecule has 0 spiro atoms. The van der Waals surface area contributed by atoms with Gasteiger partial charge in [0, 0.05) is 31.0 Å². The van der Waals surface area contributed by atoms with Crippen molar-refractivity contribution in [2.45, 2.75) is 32.5 Å². The van der Waals surface area contributed by atoms with E-state index in [4.69, 9.17) is 9.47 Å². The number of unbranched alkanes of at least 4 members (excludes halogenated alkanes) is 1. The first-order valence-electron chi connectivity index (χ1n) is 8.77. The zero-order valence-corrected chi connectivity index (χ0v) is 15.8.